The highest BCUT2D eigenvalue weighted by atomic mass is 16.6. The third-order valence-corrected chi connectivity index (χ3v) is 5.80. The molecule has 2 heterocycles. The molecule has 8 nitrogen and oxygen atoms in total. The quantitative estimate of drug-likeness (QED) is 0.347. The van der Waals surface area contributed by atoms with E-state index < -0.39 is 17.7 Å². The van der Waals surface area contributed by atoms with Crippen LogP contribution in [0.2, 0.25) is 0 Å². The van der Waals surface area contributed by atoms with Crippen LogP contribution in [-0.2, 0) is 9.59 Å². The van der Waals surface area contributed by atoms with E-state index in [-0.39, 0.29) is 17.1 Å². The van der Waals surface area contributed by atoms with Crippen molar-refractivity contribution in [2.75, 3.05) is 25.2 Å². The van der Waals surface area contributed by atoms with E-state index in [0.717, 1.165) is 0 Å². The molecule has 0 saturated carbocycles. The molecule has 3 aromatic carbocycles. The predicted molar refractivity (Wildman–Crippen MR) is 123 cm³/mol. The average molecular weight is 459 g/mol. The van der Waals surface area contributed by atoms with E-state index in [1.54, 1.807) is 54.6 Å². The molecule has 1 unspecified atom stereocenters. The van der Waals surface area contributed by atoms with Gasteiger partial charge in [-0.05, 0) is 60.2 Å². The number of phenols is 1. The first-order valence-corrected chi connectivity index (χ1v) is 10.6. The maximum Gasteiger partial charge on any atom is 0.300 e. The first-order valence-electron chi connectivity index (χ1n) is 10.6. The van der Waals surface area contributed by atoms with Crippen molar-refractivity contribution < 1.29 is 34.0 Å². The molecular formula is C26H21NO7. The lowest BCUT2D eigenvalue weighted by atomic mass is 9.95. The van der Waals surface area contributed by atoms with Crippen LogP contribution >= 0.6 is 0 Å². The lowest BCUT2D eigenvalue weighted by Crippen LogP contribution is -2.29. The highest BCUT2D eigenvalue weighted by molar-refractivity contribution is 6.51. The van der Waals surface area contributed by atoms with Crippen LogP contribution in [0.4, 0.5) is 5.69 Å². The van der Waals surface area contributed by atoms with Crippen molar-refractivity contribution in [3.8, 4) is 23.0 Å². The number of hydrogen-bond acceptors (Lipinski definition) is 7. The summed E-state index contributed by atoms with van der Waals surface area (Å²) in [7, 11) is 1.53. The number of phenolic OH excluding ortho intramolecular Hbond substituents is 1. The molecule has 0 aliphatic carbocycles. The summed E-state index contributed by atoms with van der Waals surface area (Å²) in [5.41, 5.74) is 1.12. The minimum absolute atomic E-state index is 0.0304. The molecule has 3 aromatic rings. The Bertz CT molecular complexity index is 1310. The van der Waals surface area contributed by atoms with Gasteiger partial charge >= 0.3 is 0 Å². The van der Waals surface area contributed by atoms with E-state index in [4.69, 9.17) is 14.2 Å². The maximum absolute atomic E-state index is 13.2. The fraction of sp³-hybridized carbons (Fsp3) is 0.154. The molecule has 2 aliphatic heterocycles. The highest BCUT2D eigenvalue weighted by Gasteiger charge is 2.47. The Hall–Kier alpha value is -4.46. The van der Waals surface area contributed by atoms with Crippen LogP contribution in [0, 0.1) is 0 Å². The van der Waals surface area contributed by atoms with Crippen molar-refractivity contribution in [2.45, 2.75) is 6.04 Å². The molecule has 1 saturated heterocycles. The number of carbonyl (C=O) groups excluding carboxylic acids is 2. The van der Waals surface area contributed by atoms with Crippen molar-refractivity contribution in [3.05, 3.63) is 83.4 Å². The molecule has 2 aliphatic rings. The third kappa shape index (κ3) is 3.59. The number of fused-ring (bicyclic) bond motifs is 1. The summed E-state index contributed by atoms with van der Waals surface area (Å²) >= 11 is 0. The zero-order valence-corrected chi connectivity index (χ0v) is 18.2. The SMILES string of the molecule is COc1ccc(N2C(=O)C(=O)/C(=C(\O)c3ccc4c(c3)OCCO4)C2c2cccc(O)c2)cc1. The number of nitrogens with zero attached hydrogens (tertiary/aromatic N) is 1. The van der Waals surface area contributed by atoms with Crippen LogP contribution in [0.25, 0.3) is 5.76 Å². The third-order valence-electron chi connectivity index (χ3n) is 5.80. The van der Waals surface area contributed by atoms with Gasteiger partial charge < -0.3 is 24.4 Å². The van der Waals surface area contributed by atoms with Crippen LogP contribution < -0.4 is 19.1 Å². The normalized spacial score (nSPS) is 18.7. The first-order chi connectivity index (χ1) is 16.5. The largest absolute Gasteiger partial charge is 0.508 e. The van der Waals surface area contributed by atoms with Crippen LogP contribution in [-0.4, -0.2) is 42.2 Å². The number of benzene rings is 3. The van der Waals surface area contributed by atoms with E-state index in [1.165, 1.54) is 24.1 Å². The molecule has 2 N–H and O–H groups in total. The number of ether oxygens (including phenoxy) is 3. The molecule has 0 aromatic heterocycles. The Labute approximate surface area is 195 Å². The van der Waals surface area contributed by atoms with E-state index in [0.29, 0.717) is 47.3 Å². The lowest BCUT2D eigenvalue weighted by Gasteiger charge is -2.26. The predicted octanol–water partition coefficient (Wildman–Crippen LogP) is 3.80. The van der Waals surface area contributed by atoms with Gasteiger partial charge in [-0.3, -0.25) is 14.5 Å². The first kappa shape index (κ1) is 21.4. The van der Waals surface area contributed by atoms with Crippen LogP contribution in [0.5, 0.6) is 23.0 Å². The Morgan fingerprint density at radius 1 is 0.971 bits per heavy atom. The number of aromatic hydroxyl groups is 1. The fourth-order valence-electron chi connectivity index (χ4n) is 4.20. The summed E-state index contributed by atoms with van der Waals surface area (Å²) in [5.74, 6) is -0.448. The summed E-state index contributed by atoms with van der Waals surface area (Å²) in [6.07, 6.45) is 0. The molecule has 8 heteroatoms. The van der Waals surface area contributed by atoms with Gasteiger partial charge in [-0.2, -0.15) is 0 Å². The highest BCUT2D eigenvalue weighted by Crippen LogP contribution is 2.44. The monoisotopic (exact) mass is 459 g/mol. The van der Waals surface area contributed by atoms with Gasteiger partial charge in [-0.15, -0.1) is 0 Å². The standard InChI is InChI=1S/C26H21NO7/c1-32-19-8-6-17(7-9-19)27-23(15-3-2-4-18(28)13-15)22(25(30)26(27)31)24(29)16-5-10-20-21(14-16)34-12-11-33-20/h2-10,13-14,23,28-29H,11-12H2,1H3/b24-22-. The Balaban J connectivity index is 1.68. The molecule has 5 rings (SSSR count). The number of ketones is 1. The summed E-state index contributed by atoms with van der Waals surface area (Å²) in [5, 5.41) is 21.3. The van der Waals surface area contributed by atoms with Gasteiger partial charge in [0.2, 0.25) is 0 Å². The minimum atomic E-state index is -0.964. The molecule has 0 spiro atoms. The Morgan fingerprint density at radius 3 is 2.41 bits per heavy atom. The van der Waals surface area contributed by atoms with Gasteiger partial charge in [-0.25, -0.2) is 0 Å². The smallest absolute Gasteiger partial charge is 0.300 e. The molecule has 1 fully saturated rings. The molecule has 172 valence electrons. The number of rotatable bonds is 4. The topological polar surface area (TPSA) is 106 Å². The van der Waals surface area contributed by atoms with Gasteiger partial charge in [0.1, 0.15) is 30.5 Å². The molecule has 0 bridgehead atoms. The van der Waals surface area contributed by atoms with Gasteiger partial charge in [0.05, 0.1) is 18.7 Å². The number of aliphatic hydroxyl groups excluding tert-OH is 1. The summed E-state index contributed by atoms with van der Waals surface area (Å²) in [4.78, 5) is 27.7. The lowest BCUT2D eigenvalue weighted by molar-refractivity contribution is -0.132. The van der Waals surface area contributed by atoms with Crippen molar-refractivity contribution in [1.82, 2.24) is 0 Å². The number of anilines is 1. The van der Waals surface area contributed by atoms with Crippen molar-refractivity contribution in [1.29, 1.82) is 0 Å². The van der Waals surface area contributed by atoms with E-state index in [1.807, 2.05) is 0 Å². The molecule has 34 heavy (non-hydrogen) atoms. The van der Waals surface area contributed by atoms with Gasteiger partial charge in [0.25, 0.3) is 11.7 Å². The van der Waals surface area contributed by atoms with Crippen LogP contribution in [0.15, 0.2) is 72.3 Å². The Kier molecular flexibility index (Phi) is 5.33. The molecule has 1 atom stereocenters. The number of hydrogen-bond donors (Lipinski definition) is 2. The number of methoxy groups -OCH3 is 1. The zero-order valence-electron chi connectivity index (χ0n) is 18.2. The number of amides is 1. The Morgan fingerprint density at radius 2 is 1.71 bits per heavy atom. The van der Waals surface area contributed by atoms with Gasteiger partial charge in [-0.1, -0.05) is 12.1 Å². The van der Waals surface area contributed by atoms with E-state index in [2.05, 4.69) is 0 Å². The second kappa shape index (κ2) is 8.47. The molecule has 0 radical (unpaired) electrons. The average Bonchev–Trinajstić information content (AvgIpc) is 3.13. The fourth-order valence-corrected chi connectivity index (χ4v) is 4.20. The van der Waals surface area contributed by atoms with Crippen LogP contribution in [0.3, 0.4) is 0 Å². The summed E-state index contributed by atoms with van der Waals surface area (Å²) in [6, 6.07) is 16.8. The minimum Gasteiger partial charge on any atom is -0.508 e. The summed E-state index contributed by atoms with van der Waals surface area (Å²) < 4.78 is 16.3. The van der Waals surface area contributed by atoms with Crippen molar-refractivity contribution >= 4 is 23.1 Å². The van der Waals surface area contributed by atoms with Crippen LogP contribution in [0.1, 0.15) is 17.2 Å². The van der Waals surface area contributed by atoms with Gasteiger partial charge in [0, 0.05) is 11.3 Å². The number of carbonyl (C=O) groups is 2. The van der Waals surface area contributed by atoms with Crippen molar-refractivity contribution in [3.63, 3.8) is 0 Å². The second-order valence-corrected chi connectivity index (χ2v) is 7.82. The second-order valence-electron chi connectivity index (χ2n) is 7.82. The maximum atomic E-state index is 13.2. The van der Waals surface area contributed by atoms with Crippen molar-refractivity contribution in [2.24, 2.45) is 0 Å². The molecular weight excluding hydrogens is 438 g/mol. The number of Topliss-reactive ketones (excluding diaryl/α,β-unsaturated/α-hetero) is 1. The van der Waals surface area contributed by atoms with Gasteiger partial charge in [0.15, 0.2) is 11.5 Å². The number of aliphatic hydroxyl groups is 1. The summed E-state index contributed by atoms with van der Waals surface area (Å²) in [6.45, 7) is 0.783. The molecule has 1 amide bonds. The van der Waals surface area contributed by atoms with E-state index in [9.17, 15) is 19.8 Å². The zero-order chi connectivity index (χ0) is 23.8. The van der Waals surface area contributed by atoms with E-state index >= 15 is 0 Å².